The van der Waals surface area contributed by atoms with Crippen LogP contribution < -0.4 is 10.6 Å². The maximum atomic E-state index is 13.4. The van der Waals surface area contributed by atoms with E-state index < -0.39 is 17.8 Å². The Bertz CT molecular complexity index is 692. The van der Waals surface area contributed by atoms with E-state index in [1.54, 1.807) is 30.3 Å². The van der Waals surface area contributed by atoms with Crippen molar-refractivity contribution in [1.29, 1.82) is 0 Å². The van der Waals surface area contributed by atoms with Gasteiger partial charge >= 0.3 is 0 Å². The summed E-state index contributed by atoms with van der Waals surface area (Å²) < 4.78 is 13.4. The molecule has 0 fully saturated rings. The first-order chi connectivity index (χ1) is 11.6. The summed E-state index contributed by atoms with van der Waals surface area (Å²) in [5, 5.41) is 15.1. The molecule has 0 aromatic heterocycles. The van der Waals surface area contributed by atoms with Crippen molar-refractivity contribution >= 4 is 11.8 Å². The molecule has 0 heterocycles. The predicted octanol–water partition coefficient (Wildman–Crippen LogP) is 1.80. The molecule has 2 aromatic rings. The summed E-state index contributed by atoms with van der Waals surface area (Å²) in [5.74, 6) is -1.46. The van der Waals surface area contributed by atoms with E-state index in [0.29, 0.717) is 5.56 Å². The molecule has 6 heteroatoms. The topological polar surface area (TPSA) is 78.4 Å². The van der Waals surface area contributed by atoms with Crippen LogP contribution in [0.2, 0.25) is 0 Å². The molecule has 2 amide bonds. The normalized spacial score (nSPS) is 11.6. The van der Waals surface area contributed by atoms with Crippen LogP contribution in [0.25, 0.3) is 0 Å². The first kappa shape index (κ1) is 17.6. The minimum atomic E-state index is -0.876. The Morgan fingerprint density at radius 3 is 2.29 bits per heavy atom. The largest absolute Gasteiger partial charge is 0.388 e. The highest BCUT2D eigenvalue weighted by atomic mass is 19.1. The molecular formula is C18H19FN2O3. The molecule has 126 valence electrons. The highest BCUT2D eigenvalue weighted by molar-refractivity contribution is 5.94. The van der Waals surface area contributed by atoms with Gasteiger partial charge in [-0.05, 0) is 17.7 Å². The van der Waals surface area contributed by atoms with Crippen LogP contribution >= 0.6 is 0 Å². The standard InChI is InChI=1S/C18H19FN2O3/c19-15-9-5-4-8-14(15)18(24)21-11-10-20-17(23)12-16(22)13-6-2-1-3-7-13/h1-9,16,22H,10-12H2,(H,20,23)(H,21,24). The van der Waals surface area contributed by atoms with Gasteiger partial charge in [-0.2, -0.15) is 0 Å². The maximum absolute atomic E-state index is 13.4. The second-order valence-electron chi connectivity index (χ2n) is 5.22. The fourth-order valence-electron chi connectivity index (χ4n) is 2.16. The number of nitrogens with one attached hydrogen (secondary N) is 2. The first-order valence-corrected chi connectivity index (χ1v) is 7.60. The molecule has 0 saturated carbocycles. The number of hydrogen-bond acceptors (Lipinski definition) is 3. The molecule has 2 rings (SSSR count). The van der Waals surface area contributed by atoms with Crippen molar-refractivity contribution in [3.8, 4) is 0 Å². The number of halogens is 1. The summed E-state index contributed by atoms with van der Waals surface area (Å²) in [7, 11) is 0. The lowest BCUT2D eigenvalue weighted by Crippen LogP contribution is -2.35. The number of hydrogen-bond donors (Lipinski definition) is 3. The van der Waals surface area contributed by atoms with Gasteiger partial charge in [0.25, 0.3) is 5.91 Å². The summed E-state index contributed by atoms with van der Waals surface area (Å²) in [5.41, 5.74) is 0.629. The van der Waals surface area contributed by atoms with Gasteiger partial charge in [0.05, 0.1) is 18.1 Å². The number of carbonyl (C=O) groups is 2. The summed E-state index contributed by atoms with van der Waals surface area (Å²) in [6.45, 7) is 0.362. The van der Waals surface area contributed by atoms with E-state index in [4.69, 9.17) is 0 Å². The van der Waals surface area contributed by atoms with Crippen LogP contribution in [0.15, 0.2) is 54.6 Å². The molecule has 3 N–H and O–H groups in total. The Kier molecular flexibility index (Phi) is 6.45. The minimum Gasteiger partial charge on any atom is -0.388 e. The molecule has 24 heavy (non-hydrogen) atoms. The lowest BCUT2D eigenvalue weighted by Gasteiger charge is -2.11. The van der Waals surface area contributed by atoms with Crippen molar-refractivity contribution < 1.29 is 19.1 Å². The Morgan fingerprint density at radius 1 is 0.958 bits per heavy atom. The van der Waals surface area contributed by atoms with E-state index in [0.717, 1.165) is 0 Å². The molecule has 0 saturated heterocycles. The van der Waals surface area contributed by atoms with Gasteiger partial charge in [-0.1, -0.05) is 42.5 Å². The van der Waals surface area contributed by atoms with Gasteiger partial charge in [-0.3, -0.25) is 9.59 Å². The zero-order valence-corrected chi connectivity index (χ0v) is 13.0. The molecule has 0 aliphatic rings. The summed E-state index contributed by atoms with van der Waals surface area (Å²) >= 11 is 0. The third-order valence-electron chi connectivity index (χ3n) is 3.41. The lowest BCUT2D eigenvalue weighted by molar-refractivity contribution is -0.123. The quantitative estimate of drug-likeness (QED) is 0.677. The van der Waals surface area contributed by atoms with Crippen LogP contribution in [0.5, 0.6) is 0 Å². The van der Waals surface area contributed by atoms with E-state index in [1.165, 1.54) is 18.2 Å². The Hall–Kier alpha value is -2.73. The van der Waals surface area contributed by atoms with E-state index in [1.807, 2.05) is 6.07 Å². The molecule has 0 aliphatic heterocycles. The van der Waals surface area contributed by atoms with Gasteiger partial charge in [-0.15, -0.1) is 0 Å². The second kappa shape index (κ2) is 8.79. The van der Waals surface area contributed by atoms with E-state index >= 15 is 0 Å². The van der Waals surface area contributed by atoms with Gasteiger partial charge in [-0.25, -0.2) is 4.39 Å². The molecular weight excluding hydrogens is 311 g/mol. The smallest absolute Gasteiger partial charge is 0.254 e. The zero-order valence-electron chi connectivity index (χ0n) is 13.0. The van der Waals surface area contributed by atoms with E-state index in [9.17, 15) is 19.1 Å². The monoisotopic (exact) mass is 330 g/mol. The van der Waals surface area contributed by atoms with Crippen LogP contribution in [-0.2, 0) is 4.79 Å². The predicted molar refractivity (Wildman–Crippen MR) is 87.8 cm³/mol. The number of aliphatic hydroxyl groups is 1. The van der Waals surface area contributed by atoms with Gasteiger partial charge in [0.2, 0.25) is 5.91 Å². The van der Waals surface area contributed by atoms with Crippen molar-refractivity contribution in [3.05, 3.63) is 71.5 Å². The molecule has 0 bridgehead atoms. The van der Waals surface area contributed by atoms with Crippen molar-refractivity contribution in [2.45, 2.75) is 12.5 Å². The maximum Gasteiger partial charge on any atom is 0.254 e. The Labute approximate surface area is 139 Å². The van der Waals surface area contributed by atoms with Gasteiger partial charge in [0.15, 0.2) is 0 Å². The second-order valence-corrected chi connectivity index (χ2v) is 5.22. The third kappa shape index (κ3) is 5.17. The van der Waals surface area contributed by atoms with E-state index in [2.05, 4.69) is 10.6 Å². The van der Waals surface area contributed by atoms with Crippen LogP contribution in [0, 0.1) is 5.82 Å². The van der Waals surface area contributed by atoms with Crippen LogP contribution in [0.3, 0.4) is 0 Å². The van der Waals surface area contributed by atoms with Crippen LogP contribution in [0.4, 0.5) is 4.39 Å². The Balaban J connectivity index is 1.69. The molecule has 0 aliphatic carbocycles. The van der Waals surface area contributed by atoms with Gasteiger partial charge < -0.3 is 15.7 Å². The fraction of sp³-hybridized carbons (Fsp3) is 0.222. The summed E-state index contributed by atoms with van der Waals surface area (Å²) in [6.07, 6.45) is -0.940. The summed E-state index contributed by atoms with van der Waals surface area (Å²) in [6, 6.07) is 14.6. The van der Waals surface area contributed by atoms with Crippen molar-refractivity contribution in [2.75, 3.05) is 13.1 Å². The molecule has 2 aromatic carbocycles. The van der Waals surface area contributed by atoms with Gasteiger partial charge in [0.1, 0.15) is 5.82 Å². The molecule has 1 atom stereocenters. The SMILES string of the molecule is O=C(CC(O)c1ccccc1)NCCNC(=O)c1ccccc1F. The number of carbonyl (C=O) groups excluding carboxylic acids is 2. The molecule has 5 nitrogen and oxygen atoms in total. The molecule has 0 spiro atoms. The van der Waals surface area contributed by atoms with Crippen molar-refractivity contribution in [3.63, 3.8) is 0 Å². The molecule has 0 radical (unpaired) electrons. The first-order valence-electron chi connectivity index (χ1n) is 7.60. The fourth-order valence-corrected chi connectivity index (χ4v) is 2.16. The number of rotatable bonds is 7. The highest BCUT2D eigenvalue weighted by Crippen LogP contribution is 2.15. The van der Waals surface area contributed by atoms with Gasteiger partial charge in [0, 0.05) is 13.1 Å². The number of amides is 2. The number of aliphatic hydroxyl groups excluding tert-OH is 1. The lowest BCUT2D eigenvalue weighted by atomic mass is 10.1. The average molecular weight is 330 g/mol. The minimum absolute atomic E-state index is 0.0386. The van der Waals surface area contributed by atoms with Crippen LogP contribution in [-0.4, -0.2) is 30.0 Å². The summed E-state index contributed by atoms with van der Waals surface area (Å²) in [4.78, 5) is 23.5. The Morgan fingerprint density at radius 2 is 1.58 bits per heavy atom. The van der Waals surface area contributed by atoms with Crippen LogP contribution in [0.1, 0.15) is 28.4 Å². The average Bonchev–Trinajstić information content (AvgIpc) is 2.59. The van der Waals surface area contributed by atoms with E-state index in [-0.39, 0.29) is 31.0 Å². The molecule has 1 unspecified atom stereocenters. The number of benzene rings is 2. The van der Waals surface area contributed by atoms with Crippen molar-refractivity contribution in [2.24, 2.45) is 0 Å². The zero-order chi connectivity index (χ0) is 17.4. The van der Waals surface area contributed by atoms with Crippen molar-refractivity contribution in [1.82, 2.24) is 10.6 Å². The third-order valence-corrected chi connectivity index (χ3v) is 3.41. The highest BCUT2D eigenvalue weighted by Gasteiger charge is 2.13.